The van der Waals surface area contributed by atoms with Gasteiger partial charge in [-0.15, -0.1) is 0 Å². The molecule has 0 saturated carbocycles. The second-order valence-electron chi connectivity index (χ2n) is 9.41. The number of nitriles is 1. The van der Waals surface area contributed by atoms with Crippen molar-refractivity contribution in [2.75, 3.05) is 50.8 Å². The van der Waals surface area contributed by atoms with Gasteiger partial charge in [-0.05, 0) is 48.8 Å². The van der Waals surface area contributed by atoms with Crippen molar-refractivity contribution in [3.63, 3.8) is 0 Å². The Hall–Kier alpha value is -3.28. The van der Waals surface area contributed by atoms with E-state index in [1.807, 2.05) is 12.1 Å². The third-order valence-electron chi connectivity index (χ3n) is 7.26. The molecule has 2 atom stereocenters. The van der Waals surface area contributed by atoms with Crippen LogP contribution >= 0.6 is 0 Å². The zero-order valence-electron chi connectivity index (χ0n) is 18.9. The summed E-state index contributed by atoms with van der Waals surface area (Å²) in [6.45, 7) is 8.19. The maximum absolute atomic E-state index is 9.43. The summed E-state index contributed by atoms with van der Waals surface area (Å²) in [5.74, 6) is 0. The lowest BCUT2D eigenvalue weighted by Crippen LogP contribution is -2.49. The van der Waals surface area contributed by atoms with Crippen molar-refractivity contribution < 1.29 is 4.74 Å². The van der Waals surface area contributed by atoms with Crippen molar-refractivity contribution in [1.82, 2.24) is 19.4 Å². The molecule has 5 heterocycles. The summed E-state index contributed by atoms with van der Waals surface area (Å²) in [6, 6.07) is 8.63. The van der Waals surface area contributed by atoms with Gasteiger partial charge in [0.05, 0.1) is 37.2 Å². The monoisotopic (exact) mass is 443 g/mol. The lowest BCUT2D eigenvalue weighted by Gasteiger charge is -2.42. The molecule has 3 aliphatic heterocycles. The summed E-state index contributed by atoms with van der Waals surface area (Å²) in [5.41, 5.74) is 14.5. The lowest BCUT2D eigenvalue weighted by atomic mass is 9.96. The van der Waals surface area contributed by atoms with Crippen LogP contribution in [0.2, 0.25) is 0 Å². The Morgan fingerprint density at radius 3 is 2.97 bits per heavy atom. The Morgan fingerprint density at radius 2 is 2.09 bits per heavy atom. The van der Waals surface area contributed by atoms with Crippen molar-refractivity contribution >= 4 is 11.2 Å². The van der Waals surface area contributed by atoms with Crippen LogP contribution in [-0.2, 0) is 4.74 Å². The molecule has 0 radical (unpaired) electrons. The quantitative estimate of drug-likeness (QED) is 0.758. The summed E-state index contributed by atoms with van der Waals surface area (Å²) < 4.78 is 7.38. The van der Waals surface area contributed by atoms with E-state index in [4.69, 9.17) is 10.5 Å². The first kappa shape index (κ1) is 20.3. The molecule has 170 valence electrons. The molecular formula is C25H29N7O. The predicted molar refractivity (Wildman–Crippen MR) is 126 cm³/mol. The van der Waals surface area contributed by atoms with E-state index < -0.39 is 0 Å². The van der Waals surface area contributed by atoms with E-state index in [-0.39, 0.29) is 6.04 Å². The number of anilines is 1. The van der Waals surface area contributed by atoms with E-state index in [9.17, 15) is 5.26 Å². The minimum Gasteiger partial charge on any atom is -0.378 e. The minimum atomic E-state index is 0.0582. The van der Waals surface area contributed by atoms with Gasteiger partial charge in [0.2, 0.25) is 0 Å². The van der Waals surface area contributed by atoms with E-state index in [0.717, 1.165) is 57.0 Å². The van der Waals surface area contributed by atoms with Crippen molar-refractivity contribution in [1.29, 1.82) is 5.26 Å². The van der Waals surface area contributed by atoms with Crippen molar-refractivity contribution in [3.8, 4) is 6.07 Å². The van der Waals surface area contributed by atoms with E-state index >= 15 is 0 Å². The number of allylic oxidation sites excluding steroid dienone is 2. The lowest BCUT2D eigenvalue weighted by molar-refractivity contribution is 0.138. The Balaban J connectivity index is 1.30. The number of piperazine rings is 1. The third kappa shape index (κ3) is 3.39. The van der Waals surface area contributed by atoms with Gasteiger partial charge < -0.3 is 25.2 Å². The molecular weight excluding hydrogens is 414 g/mol. The van der Waals surface area contributed by atoms with Gasteiger partial charge in [0.1, 0.15) is 11.8 Å². The highest BCUT2D eigenvalue weighted by atomic mass is 16.5. The molecule has 2 saturated heterocycles. The fourth-order valence-corrected chi connectivity index (χ4v) is 5.66. The first-order valence-corrected chi connectivity index (χ1v) is 11.7. The molecule has 33 heavy (non-hydrogen) atoms. The summed E-state index contributed by atoms with van der Waals surface area (Å²) >= 11 is 0. The minimum absolute atomic E-state index is 0.0582. The number of hydrogen-bond acceptors (Lipinski definition) is 7. The number of nitrogens with zero attached hydrogens (tertiary/aromatic N) is 6. The average Bonchev–Trinajstić information content (AvgIpc) is 3.39. The second-order valence-corrected chi connectivity index (χ2v) is 9.41. The van der Waals surface area contributed by atoms with Gasteiger partial charge in [-0.3, -0.25) is 0 Å². The van der Waals surface area contributed by atoms with Crippen molar-refractivity contribution in [2.45, 2.75) is 25.4 Å². The molecule has 2 fully saturated rings. The van der Waals surface area contributed by atoms with E-state index in [1.165, 1.54) is 22.5 Å². The second kappa shape index (κ2) is 7.94. The molecule has 0 amide bonds. The van der Waals surface area contributed by atoms with Crippen LogP contribution in [0.25, 0.3) is 5.52 Å². The highest BCUT2D eigenvalue weighted by molar-refractivity contribution is 5.74. The average molecular weight is 444 g/mol. The van der Waals surface area contributed by atoms with Gasteiger partial charge in [-0.1, -0.05) is 6.08 Å². The van der Waals surface area contributed by atoms with Crippen LogP contribution in [0.5, 0.6) is 0 Å². The largest absolute Gasteiger partial charge is 0.378 e. The maximum Gasteiger partial charge on any atom is 0.142 e. The molecule has 6 rings (SSSR count). The zero-order valence-corrected chi connectivity index (χ0v) is 18.9. The van der Waals surface area contributed by atoms with Gasteiger partial charge in [0.15, 0.2) is 0 Å². The fourth-order valence-electron chi connectivity index (χ4n) is 5.66. The van der Waals surface area contributed by atoms with E-state index in [2.05, 4.69) is 51.0 Å². The number of ether oxygens (including phenoxy) is 1. The van der Waals surface area contributed by atoms with Crippen LogP contribution in [0.4, 0.5) is 5.69 Å². The number of hydrogen-bond donors (Lipinski definition) is 1. The number of fused-ring (bicyclic) bond motifs is 3. The molecule has 8 nitrogen and oxygen atoms in total. The topological polar surface area (TPSA) is 86.1 Å². The highest BCUT2D eigenvalue weighted by Crippen LogP contribution is 2.40. The maximum atomic E-state index is 9.43. The molecule has 8 heteroatoms. The molecule has 2 N–H and O–H groups in total. The Labute approximate surface area is 193 Å². The molecule has 0 spiro atoms. The molecule has 2 aromatic rings. The summed E-state index contributed by atoms with van der Waals surface area (Å²) in [5, 5.41) is 13.8. The van der Waals surface area contributed by atoms with Crippen LogP contribution in [-0.4, -0.2) is 77.4 Å². The van der Waals surface area contributed by atoms with Crippen molar-refractivity contribution in [3.05, 3.63) is 64.8 Å². The van der Waals surface area contributed by atoms with Gasteiger partial charge >= 0.3 is 0 Å². The van der Waals surface area contributed by atoms with E-state index in [1.54, 1.807) is 10.7 Å². The number of pyridine rings is 1. The molecule has 4 aliphatic rings. The van der Waals surface area contributed by atoms with Crippen LogP contribution in [0.15, 0.2) is 59.1 Å². The standard InChI is InChI=1S/C25H29N7O/c1-17-12-30(23-5-3-21(11-26)32-24(23)6-7-28-32)15-25-22-4-2-20(10-18(22)13-31(17)25)29-8-9-33-16-19(27)14-29/h2-3,5-7,10,17,19H,4,8-9,12-16,27H2,1H3/t17-,19-/m1/s1. The van der Waals surface area contributed by atoms with Gasteiger partial charge in [0.25, 0.3) is 0 Å². The SMILES string of the molecule is C[C@@H]1CN(c2ccc(C#N)n3nccc23)CC2=C3CC=C(N4CCOC[C@H](N)C4)C=C3CN21. The van der Waals surface area contributed by atoms with Crippen LogP contribution in [0.3, 0.4) is 0 Å². The van der Waals surface area contributed by atoms with Gasteiger partial charge in [0, 0.05) is 49.7 Å². The number of nitrogens with two attached hydrogens (primary N) is 1. The Kier molecular flexibility index (Phi) is 4.89. The Bertz CT molecular complexity index is 1230. The molecule has 0 bridgehead atoms. The number of rotatable bonds is 2. The van der Waals surface area contributed by atoms with Gasteiger partial charge in [-0.25, -0.2) is 4.52 Å². The third-order valence-corrected chi connectivity index (χ3v) is 7.26. The van der Waals surface area contributed by atoms with Crippen LogP contribution < -0.4 is 10.6 Å². The van der Waals surface area contributed by atoms with E-state index in [0.29, 0.717) is 18.3 Å². The molecule has 1 aliphatic carbocycles. The summed E-state index contributed by atoms with van der Waals surface area (Å²) in [6.07, 6.45) is 7.45. The van der Waals surface area contributed by atoms with Crippen LogP contribution in [0.1, 0.15) is 19.0 Å². The molecule has 2 aromatic heterocycles. The van der Waals surface area contributed by atoms with Gasteiger partial charge in [-0.2, -0.15) is 10.4 Å². The normalized spacial score (nSPS) is 25.4. The fraction of sp³-hybridized carbons (Fsp3) is 0.440. The Morgan fingerprint density at radius 1 is 1.18 bits per heavy atom. The first-order chi connectivity index (χ1) is 16.1. The molecule has 0 unspecified atom stereocenters. The number of aromatic nitrogens is 2. The van der Waals surface area contributed by atoms with Crippen molar-refractivity contribution in [2.24, 2.45) is 5.73 Å². The molecule has 0 aromatic carbocycles. The first-order valence-electron chi connectivity index (χ1n) is 11.7. The predicted octanol–water partition coefficient (Wildman–Crippen LogP) is 1.86. The highest BCUT2D eigenvalue weighted by Gasteiger charge is 2.37. The summed E-state index contributed by atoms with van der Waals surface area (Å²) in [7, 11) is 0. The zero-order chi connectivity index (χ0) is 22.5. The summed E-state index contributed by atoms with van der Waals surface area (Å²) in [4.78, 5) is 7.39. The van der Waals surface area contributed by atoms with Crippen LogP contribution in [0, 0.1) is 11.3 Å². The smallest absolute Gasteiger partial charge is 0.142 e.